The molecule has 0 aromatic carbocycles. The van der Waals surface area contributed by atoms with Crippen LogP contribution in [0.3, 0.4) is 0 Å². The average molecular weight is 224 g/mol. The van der Waals surface area contributed by atoms with Gasteiger partial charge < -0.3 is 4.79 Å². The largest absolute Gasteiger partial charge is 0.412 e. The van der Waals surface area contributed by atoms with E-state index in [2.05, 4.69) is 0 Å². The molecule has 0 radical (unpaired) electrons. The fourth-order valence-corrected chi connectivity index (χ4v) is 1.81. The molecular weight excluding hydrogens is 212 g/mol. The second-order valence-electron chi connectivity index (χ2n) is 3.82. The van der Waals surface area contributed by atoms with Crippen LogP contribution in [0.4, 0.5) is 17.6 Å². The molecule has 1 aliphatic carbocycles. The van der Waals surface area contributed by atoms with Crippen LogP contribution in [0, 0.1) is 11.8 Å². The van der Waals surface area contributed by atoms with Gasteiger partial charge >= 0.3 is 6.18 Å². The Morgan fingerprint density at radius 3 is 2.07 bits per heavy atom. The first-order chi connectivity index (χ1) is 6.92. The monoisotopic (exact) mass is 224 g/mol. The maximum absolute atomic E-state index is 13.1. The minimum absolute atomic E-state index is 0.111. The standard InChI is InChI=1S/C10H12F4O/c11-9(5-10(12,13)14)8-3-1-7(6-15)2-4-8/h5-8H,1-4H2/b9-5+. The Labute approximate surface area is 85.2 Å². The van der Waals surface area contributed by atoms with Gasteiger partial charge in [-0.2, -0.15) is 13.2 Å². The third kappa shape index (κ3) is 4.01. The summed E-state index contributed by atoms with van der Waals surface area (Å²) in [5.41, 5.74) is 0. The van der Waals surface area contributed by atoms with Crippen LogP contribution in [0.1, 0.15) is 25.7 Å². The van der Waals surface area contributed by atoms with Gasteiger partial charge in [0.05, 0.1) is 6.08 Å². The van der Waals surface area contributed by atoms with Crippen LogP contribution >= 0.6 is 0 Å². The molecule has 0 saturated heterocycles. The predicted molar refractivity (Wildman–Crippen MR) is 46.8 cm³/mol. The summed E-state index contributed by atoms with van der Waals surface area (Å²) in [5, 5.41) is 0. The van der Waals surface area contributed by atoms with E-state index in [9.17, 15) is 22.4 Å². The van der Waals surface area contributed by atoms with Crippen molar-refractivity contribution in [2.75, 3.05) is 0 Å². The van der Waals surface area contributed by atoms with Crippen molar-refractivity contribution in [1.29, 1.82) is 0 Å². The van der Waals surface area contributed by atoms with E-state index in [1.54, 1.807) is 0 Å². The molecule has 86 valence electrons. The van der Waals surface area contributed by atoms with Gasteiger partial charge in [0.2, 0.25) is 0 Å². The van der Waals surface area contributed by atoms with Crippen molar-refractivity contribution >= 4 is 6.29 Å². The van der Waals surface area contributed by atoms with Crippen molar-refractivity contribution in [3.05, 3.63) is 11.9 Å². The molecule has 0 aromatic heterocycles. The van der Waals surface area contributed by atoms with Crippen LogP contribution in [0.2, 0.25) is 0 Å². The number of aldehydes is 1. The van der Waals surface area contributed by atoms with Gasteiger partial charge in [-0.1, -0.05) is 0 Å². The number of alkyl halides is 3. The molecule has 0 spiro atoms. The summed E-state index contributed by atoms with van der Waals surface area (Å²) in [6.45, 7) is 0. The molecule has 5 heteroatoms. The van der Waals surface area contributed by atoms with E-state index < -0.39 is 17.9 Å². The first-order valence-corrected chi connectivity index (χ1v) is 4.82. The zero-order chi connectivity index (χ0) is 11.5. The number of halogens is 4. The van der Waals surface area contributed by atoms with E-state index in [0.29, 0.717) is 25.7 Å². The molecule has 1 saturated carbocycles. The molecule has 0 amide bonds. The van der Waals surface area contributed by atoms with Crippen LogP contribution in [-0.2, 0) is 4.79 Å². The van der Waals surface area contributed by atoms with E-state index in [0.717, 1.165) is 6.29 Å². The maximum Gasteiger partial charge on any atom is 0.412 e. The lowest BCUT2D eigenvalue weighted by Crippen LogP contribution is -2.17. The van der Waals surface area contributed by atoms with E-state index >= 15 is 0 Å². The summed E-state index contributed by atoms with van der Waals surface area (Å²) >= 11 is 0. The van der Waals surface area contributed by atoms with Gasteiger partial charge in [-0.25, -0.2) is 4.39 Å². The van der Waals surface area contributed by atoms with Crippen LogP contribution < -0.4 is 0 Å². The summed E-state index contributed by atoms with van der Waals surface area (Å²) in [7, 11) is 0. The molecule has 0 unspecified atom stereocenters. The number of hydrogen-bond acceptors (Lipinski definition) is 1. The van der Waals surface area contributed by atoms with Gasteiger partial charge in [-0.05, 0) is 25.7 Å². The molecule has 1 aliphatic rings. The van der Waals surface area contributed by atoms with Crippen LogP contribution in [-0.4, -0.2) is 12.5 Å². The summed E-state index contributed by atoms with van der Waals surface area (Å²) in [6.07, 6.45) is -2.48. The molecule has 15 heavy (non-hydrogen) atoms. The average Bonchev–Trinajstić information content (AvgIpc) is 2.15. The van der Waals surface area contributed by atoms with Crippen LogP contribution in [0.5, 0.6) is 0 Å². The van der Waals surface area contributed by atoms with E-state index in [-0.39, 0.29) is 12.0 Å². The fourth-order valence-electron chi connectivity index (χ4n) is 1.81. The number of hydrogen-bond donors (Lipinski definition) is 0. The highest BCUT2D eigenvalue weighted by Crippen LogP contribution is 2.34. The molecular formula is C10H12F4O. The number of rotatable bonds is 2. The van der Waals surface area contributed by atoms with Gasteiger partial charge in [0.1, 0.15) is 12.1 Å². The Bertz CT molecular complexity index is 249. The molecule has 0 heterocycles. The predicted octanol–water partition coefficient (Wildman–Crippen LogP) is 3.41. The maximum atomic E-state index is 13.1. The Morgan fingerprint density at radius 2 is 1.67 bits per heavy atom. The van der Waals surface area contributed by atoms with Gasteiger partial charge in [-0.15, -0.1) is 0 Å². The minimum atomic E-state index is -4.59. The molecule has 0 aromatic rings. The van der Waals surface area contributed by atoms with E-state index in [1.807, 2.05) is 0 Å². The van der Waals surface area contributed by atoms with Crippen molar-refractivity contribution in [2.24, 2.45) is 11.8 Å². The highest BCUT2D eigenvalue weighted by Gasteiger charge is 2.30. The molecule has 1 rings (SSSR count). The van der Waals surface area contributed by atoms with Crippen LogP contribution in [0.15, 0.2) is 11.9 Å². The number of carbonyl (C=O) groups is 1. The SMILES string of the molecule is O=CC1CCC(/C(F)=C\C(F)(F)F)CC1. The van der Waals surface area contributed by atoms with Crippen molar-refractivity contribution in [3.63, 3.8) is 0 Å². The second kappa shape index (κ2) is 4.77. The molecule has 0 atom stereocenters. The molecule has 0 aliphatic heterocycles. The van der Waals surface area contributed by atoms with Gasteiger partial charge in [0.25, 0.3) is 0 Å². The number of carbonyl (C=O) groups excluding carboxylic acids is 1. The first-order valence-electron chi connectivity index (χ1n) is 4.82. The Kier molecular flexibility index (Phi) is 3.88. The third-order valence-electron chi connectivity index (χ3n) is 2.66. The third-order valence-corrected chi connectivity index (χ3v) is 2.66. The lowest BCUT2D eigenvalue weighted by atomic mass is 9.82. The fraction of sp³-hybridized carbons (Fsp3) is 0.700. The summed E-state index contributed by atoms with van der Waals surface area (Å²) < 4.78 is 48.6. The molecule has 1 nitrogen and oxygen atoms in total. The Hall–Kier alpha value is -0.870. The highest BCUT2D eigenvalue weighted by atomic mass is 19.4. The first kappa shape index (κ1) is 12.2. The van der Waals surface area contributed by atoms with Crippen molar-refractivity contribution in [1.82, 2.24) is 0 Å². The van der Waals surface area contributed by atoms with E-state index in [1.165, 1.54) is 0 Å². The molecule has 0 N–H and O–H groups in total. The van der Waals surface area contributed by atoms with Crippen molar-refractivity contribution in [3.8, 4) is 0 Å². The molecule has 0 bridgehead atoms. The summed E-state index contributed by atoms with van der Waals surface area (Å²) in [5.74, 6) is -1.88. The topological polar surface area (TPSA) is 17.1 Å². The lowest BCUT2D eigenvalue weighted by Gasteiger charge is -2.24. The second-order valence-corrected chi connectivity index (χ2v) is 3.82. The summed E-state index contributed by atoms with van der Waals surface area (Å²) in [4.78, 5) is 10.4. The zero-order valence-corrected chi connectivity index (χ0v) is 8.06. The van der Waals surface area contributed by atoms with Crippen LogP contribution in [0.25, 0.3) is 0 Å². The number of allylic oxidation sites excluding steroid dienone is 2. The highest BCUT2D eigenvalue weighted by molar-refractivity contribution is 5.53. The summed E-state index contributed by atoms with van der Waals surface area (Å²) in [6, 6.07) is 0. The normalized spacial score (nSPS) is 28.9. The van der Waals surface area contributed by atoms with Crippen molar-refractivity contribution in [2.45, 2.75) is 31.9 Å². The lowest BCUT2D eigenvalue weighted by molar-refractivity contribution is -0.112. The minimum Gasteiger partial charge on any atom is -0.303 e. The quantitative estimate of drug-likeness (QED) is 0.519. The molecule has 1 fully saturated rings. The van der Waals surface area contributed by atoms with Crippen molar-refractivity contribution < 1.29 is 22.4 Å². The van der Waals surface area contributed by atoms with Gasteiger partial charge in [0, 0.05) is 11.8 Å². The Morgan fingerprint density at radius 1 is 1.13 bits per heavy atom. The Balaban J connectivity index is 2.53. The van der Waals surface area contributed by atoms with Gasteiger partial charge in [0.15, 0.2) is 0 Å². The smallest absolute Gasteiger partial charge is 0.303 e. The van der Waals surface area contributed by atoms with Gasteiger partial charge in [-0.3, -0.25) is 0 Å². The zero-order valence-electron chi connectivity index (χ0n) is 8.06. The van der Waals surface area contributed by atoms with E-state index in [4.69, 9.17) is 0 Å².